The number of quaternary nitrogens is 1. The van der Waals surface area contributed by atoms with Crippen LogP contribution in [0.5, 0.6) is 5.75 Å². The molecule has 1 aliphatic heterocycles. The van der Waals surface area contributed by atoms with E-state index in [-0.39, 0.29) is 0 Å². The zero-order chi connectivity index (χ0) is 20.2. The molecule has 154 valence electrons. The summed E-state index contributed by atoms with van der Waals surface area (Å²) in [5.41, 5.74) is 9.63. The Labute approximate surface area is 172 Å². The highest BCUT2D eigenvalue weighted by Crippen LogP contribution is 2.21. The smallest absolute Gasteiger partial charge is 0.356 e. The Morgan fingerprint density at radius 1 is 1.10 bits per heavy atom. The summed E-state index contributed by atoms with van der Waals surface area (Å²) in [6, 6.07) is 15.8. The molecule has 0 radical (unpaired) electrons. The number of piperidine rings is 1. The fourth-order valence-electron chi connectivity index (χ4n) is 4.42. The number of ether oxygens (including phenoxy) is 1. The molecule has 0 aliphatic carbocycles. The van der Waals surface area contributed by atoms with Crippen LogP contribution in [0.2, 0.25) is 0 Å². The van der Waals surface area contributed by atoms with E-state index in [1.54, 1.807) is 12.0 Å². The van der Waals surface area contributed by atoms with Crippen LogP contribution in [0.4, 0.5) is 5.95 Å². The van der Waals surface area contributed by atoms with Crippen LogP contribution in [-0.4, -0.2) is 36.4 Å². The zero-order valence-corrected chi connectivity index (χ0v) is 17.2. The van der Waals surface area contributed by atoms with Gasteiger partial charge in [0.05, 0.1) is 20.2 Å². The highest BCUT2D eigenvalue weighted by Gasteiger charge is 2.24. The van der Waals surface area contributed by atoms with Crippen LogP contribution in [0.15, 0.2) is 48.5 Å². The number of methoxy groups -OCH3 is 1. The Hall–Kier alpha value is -2.57. The van der Waals surface area contributed by atoms with E-state index in [9.17, 15) is 5.11 Å². The highest BCUT2D eigenvalue weighted by molar-refractivity contribution is 5.73. The summed E-state index contributed by atoms with van der Waals surface area (Å²) in [6.45, 7) is 4.92. The van der Waals surface area contributed by atoms with E-state index in [1.807, 2.05) is 34.9 Å². The van der Waals surface area contributed by atoms with Crippen LogP contribution in [0, 0.1) is 0 Å². The Kier molecular flexibility index (Phi) is 6.02. The number of para-hydroxylation sites is 2. The molecule has 29 heavy (non-hydrogen) atoms. The van der Waals surface area contributed by atoms with Gasteiger partial charge in [0.1, 0.15) is 42.5 Å². The predicted octanol–water partition coefficient (Wildman–Crippen LogP) is 1.32. The second kappa shape index (κ2) is 8.84. The number of aliphatic hydroxyl groups excluding tert-OH is 1. The number of nitrogen functional groups attached to an aromatic ring is 1. The van der Waals surface area contributed by atoms with Crippen LogP contribution < -0.4 is 19.9 Å². The van der Waals surface area contributed by atoms with E-state index >= 15 is 0 Å². The topological polar surface area (TPSA) is 68.7 Å². The predicted molar refractivity (Wildman–Crippen MR) is 114 cm³/mol. The van der Waals surface area contributed by atoms with Crippen LogP contribution >= 0.6 is 0 Å². The lowest BCUT2D eigenvalue weighted by atomic mass is 10.1. The minimum Gasteiger partial charge on any atom is -0.497 e. The normalized spacial score (nSPS) is 16.2. The fraction of sp³-hybridized carbons (Fsp3) is 0.435. The van der Waals surface area contributed by atoms with Crippen LogP contribution in [0.3, 0.4) is 0 Å². The number of rotatable bonds is 7. The second-order valence-corrected chi connectivity index (χ2v) is 7.96. The molecule has 1 atom stereocenters. The number of anilines is 1. The molecule has 0 saturated carbocycles. The summed E-state index contributed by atoms with van der Waals surface area (Å²) in [5.74, 6) is 1.49. The third-order valence-electron chi connectivity index (χ3n) is 6.12. The maximum atomic E-state index is 10.8. The van der Waals surface area contributed by atoms with Crippen molar-refractivity contribution in [3.63, 3.8) is 0 Å². The molecular formula is C23H32N4O2+2. The molecule has 0 amide bonds. The molecule has 1 aromatic heterocycles. The first-order chi connectivity index (χ1) is 14.2. The van der Waals surface area contributed by atoms with Crippen molar-refractivity contribution in [2.24, 2.45) is 0 Å². The molecule has 0 spiro atoms. The van der Waals surface area contributed by atoms with Crippen molar-refractivity contribution >= 4 is 17.0 Å². The maximum Gasteiger partial charge on any atom is 0.356 e. The SMILES string of the molecule is COc1ccc(C(O)C[n+]2c(N)n(CC[NH+]3CCCCC3)c3ccccc32)cc1. The molecule has 6 heteroatoms. The van der Waals surface area contributed by atoms with E-state index in [4.69, 9.17) is 10.5 Å². The Morgan fingerprint density at radius 3 is 2.55 bits per heavy atom. The molecule has 1 unspecified atom stereocenters. The average Bonchev–Trinajstić information content (AvgIpc) is 3.04. The Bertz CT molecular complexity index is 945. The summed E-state index contributed by atoms with van der Waals surface area (Å²) in [6.07, 6.45) is 3.37. The van der Waals surface area contributed by atoms with Gasteiger partial charge >= 0.3 is 5.95 Å². The lowest BCUT2D eigenvalue weighted by Crippen LogP contribution is -3.13. The monoisotopic (exact) mass is 396 g/mol. The molecule has 3 aromatic rings. The number of hydrogen-bond donors (Lipinski definition) is 3. The molecular weight excluding hydrogens is 364 g/mol. The minimum absolute atomic E-state index is 0.419. The summed E-state index contributed by atoms with van der Waals surface area (Å²) in [7, 11) is 1.64. The number of nitrogens with zero attached hydrogens (tertiary/aromatic N) is 2. The van der Waals surface area contributed by atoms with Gasteiger partial charge < -0.3 is 14.7 Å². The quantitative estimate of drug-likeness (QED) is 0.528. The van der Waals surface area contributed by atoms with E-state index in [0.29, 0.717) is 12.5 Å². The van der Waals surface area contributed by atoms with Gasteiger partial charge in [-0.25, -0.2) is 9.13 Å². The van der Waals surface area contributed by atoms with Gasteiger partial charge in [-0.1, -0.05) is 24.3 Å². The number of likely N-dealkylation sites (tertiary alicyclic amines) is 1. The number of aromatic nitrogens is 2. The summed E-state index contributed by atoms with van der Waals surface area (Å²) in [5, 5.41) is 10.8. The molecule has 6 nitrogen and oxygen atoms in total. The first-order valence-corrected chi connectivity index (χ1v) is 10.6. The van der Waals surface area contributed by atoms with Crippen LogP contribution in [0.1, 0.15) is 30.9 Å². The van der Waals surface area contributed by atoms with Crippen molar-refractivity contribution in [1.29, 1.82) is 0 Å². The van der Waals surface area contributed by atoms with Crippen molar-refractivity contribution < 1.29 is 19.3 Å². The van der Waals surface area contributed by atoms with Gasteiger partial charge in [-0.3, -0.25) is 5.73 Å². The first kappa shape index (κ1) is 19.7. The van der Waals surface area contributed by atoms with Crippen molar-refractivity contribution in [2.75, 3.05) is 32.5 Å². The van der Waals surface area contributed by atoms with Crippen molar-refractivity contribution in [3.8, 4) is 5.75 Å². The van der Waals surface area contributed by atoms with E-state index in [0.717, 1.165) is 35.4 Å². The third kappa shape index (κ3) is 4.23. The summed E-state index contributed by atoms with van der Waals surface area (Å²) >= 11 is 0. The average molecular weight is 397 g/mol. The van der Waals surface area contributed by atoms with E-state index in [2.05, 4.69) is 22.8 Å². The molecule has 2 heterocycles. The second-order valence-electron chi connectivity index (χ2n) is 7.96. The van der Waals surface area contributed by atoms with Gasteiger partial charge in [0.2, 0.25) is 0 Å². The fourth-order valence-corrected chi connectivity index (χ4v) is 4.42. The third-order valence-corrected chi connectivity index (χ3v) is 6.12. The van der Waals surface area contributed by atoms with Crippen molar-refractivity contribution in [2.45, 2.75) is 38.5 Å². The number of nitrogens with one attached hydrogen (secondary N) is 1. The van der Waals surface area contributed by atoms with E-state index in [1.165, 1.54) is 32.4 Å². The maximum absolute atomic E-state index is 10.8. The largest absolute Gasteiger partial charge is 0.497 e. The van der Waals surface area contributed by atoms with Gasteiger partial charge in [-0.15, -0.1) is 0 Å². The molecule has 1 saturated heterocycles. The lowest BCUT2D eigenvalue weighted by Gasteiger charge is -2.22. The molecule has 4 rings (SSSR count). The van der Waals surface area contributed by atoms with Gasteiger partial charge in [0.15, 0.2) is 0 Å². The number of aliphatic hydroxyl groups is 1. The Balaban J connectivity index is 1.57. The van der Waals surface area contributed by atoms with Crippen molar-refractivity contribution in [3.05, 3.63) is 54.1 Å². The number of nitrogens with two attached hydrogens (primary N) is 1. The van der Waals surface area contributed by atoms with Crippen LogP contribution in [-0.2, 0) is 13.1 Å². The summed E-state index contributed by atoms with van der Waals surface area (Å²) < 4.78 is 9.46. The Morgan fingerprint density at radius 2 is 1.83 bits per heavy atom. The van der Waals surface area contributed by atoms with Gasteiger partial charge in [0.25, 0.3) is 0 Å². The standard InChI is InChI=1S/C23H30N4O2/c1-29-19-11-9-18(10-12-19)22(28)17-27-21-8-4-3-7-20(21)26(23(27)24)16-15-25-13-5-2-6-14-25/h3-4,7-12,22,24,28H,2,5-6,13-17H2,1H3/p+2. The number of fused-ring (bicyclic) bond motifs is 1. The molecule has 4 N–H and O–H groups in total. The van der Waals surface area contributed by atoms with Gasteiger partial charge in [-0.05, 0) is 49.1 Å². The molecule has 2 aromatic carbocycles. The minimum atomic E-state index is -0.639. The molecule has 1 fully saturated rings. The zero-order valence-electron chi connectivity index (χ0n) is 17.2. The lowest BCUT2D eigenvalue weighted by molar-refractivity contribution is -0.905. The number of benzene rings is 2. The van der Waals surface area contributed by atoms with Crippen molar-refractivity contribution in [1.82, 2.24) is 4.57 Å². The molecule has 1 aliphatic rings. The summed E-state index contributed by atoms with van der Waals surface area (Å²) in [4.78, 5) is 1.67. The van der Waals surface area contributed by atoms with E-state index < -0.39 is 6.10 Å². The molecule has 0 bridgehead atoms. The van der Waals surface area contributed by atoms with Gasteiger partial charge in [0, 0.05) is 0 Å². The number of imidazole rings is 1. The first-order valence-electron chi connectivity index (χ1n) is 10.6. The van der Waals surface area contributed by atoms with Gasteiger partial charge in [-0.2, -0.15) is 0 Å². The highest BCUT2D eigenvalue weighted by atomic mass is 16.5. The van der Waals surface area contributed by atoms with Crippen LogP contribution in [0.25, 0.3) is 11.0 Å². The number of hydrogen-bond acceptors (Lipinski definition) is 3.